The molecule has 2 rings (SSSR count). The average Bonchev–Trinajstić information content (AvgIpc) is 2.56. The van der Waals surface area contributed by atoms with Crippen LogP contribution in [0.15, 0.2) is 22.7 Å². The molecule has 70 valence electrons. The first-order valence-corrected chi connectivity index (χ1v) is 5.09. The molecule has 1 aromatic carbocycles. The molecule has 1 atom stereocenters. The van der Waals surface area contributed by atoms with Crippen LogP contribution >= 0.6 is 15.9 Å². The van der Waals surface area contributed by atoms with Crippen molar-refractivity contribution in [3.63, 3.8) is 0 Å². The second-order valence-electron chi connectivity index (χ2n) is 3.23. The summed E-state index contributed by atoms with van der Waals surface area (Å²) in [6, 6.07) is 5.21. The van der Waals surface area contributed by atoms with Crippen molar-refractivity contribution in [3.05, 3.63) is 34.1 Å². The van der Waals surface area contributed by atoms with E-state index in [0.717, 1.165) is 23.1 Å². The van der Waals surface area contributed by atoms with Gasteiger partial charge >= 0.3 is 0 Å². The summed E-state index contributed by atoms with van der Waals surface area (Å²) in [6.45, 7) is 1.40. The fourth-order valence-corrected chi connectivity index (χ4v) is 1.95. The second-order valence-corrected chi connectivity index (χ2v) is 4.14. The van der Waals surface area contributed by atoms with E-state index in [1.807, 2.05) is 12.1 Å². The number of ether oxygens (including phenoxy) is 1. The van der Waals surface area contributed by atoms with E-state index in [2.05, 4.69) is 15.9 Å². The molecule has 0 radical (unpaired) electrons. The van der Waals surface area contributed by atoms with E-state index >= 15 is 0 Å². The van der Waals surface area contributed by atoms with Crippen LogP contribution in [0.4, 0.5) is 4.39 Å². The highest BCUT2D eigenvalue weighted by Crippen LogP contribution is 2.28. The van der Waals surface area contributed by atoms with Crippen LogP contribution in [0.1, 0.15) is 17.9 Å². The number of hydrogen-bond donors (Lipinski definition) is 0. The Morgan fingerprint density at radius 3 is 2.92 bits per heavy atom. The van der Waals surface area contributed by atoms with Gasteiger partial charge in [-0.15, -0.1) is 0 Å². The molecule has 0 aliphatic carbocycles. The maximum atomic E-state index is 13.4. The van der Waals surface area contributed by atoms with Crippen molar-refractivity contribution in [3.8, 4) is 0 Å². The molecule has 1 aliphatic heterocycles. The zero-order valence-electron chi connectivity index (χ0n) is 7.09. The third kappa shape index (κ3) is 1.92. The van der Waals surface area contributed by atoms with E-state index in [1.54, 1.807) is 0 Å². The van der Waals surface area contributed by atoms with E-state index in [9.17, 15) is 4.39 Å². The van der Waals surface area contributed by atoms with Gasteiger partial charge in [-0.25, -0.2) is 4.39 Å². The molecule has 1 nitrogen and oxygen atoms in total. The largest absolute Gasteiger partial charge is 0.381 e. The van der Waals surface area contributed by atoms with Crippen LogP contribution in [0.3, 0.4) is 0 Å². The summed E-state index contributed by atoms with van der Waals surface area (Å²) in [5.41, 5.74) is 0.778. The highest BCUT2D eigenvalue weighted by molar-refractivity contribution is 9.10. The first-order valence-electron chi connectivity index (χ1n) is 4.30. The van der Waals surface area contributed by atoms with E-state index in [0.29, 0.717) is 6.61 Å². The maximum Gasteiger partial charge on any atom is 0.127 e. The van der Waals surface area contributed by atoms with E-state index < -0.39 is 0 Å². The Kier molecular flexibility index (Phi) is 2.65. The summed E-state index contributed by atoms with van der Waals surface area (Å²) >= 11 is 3.23. The average molecular weight is 245 g/mol. The molecule has 1 aromatic rings. The minimum Gasteiger partial charge on any atom is -0.381 e. The van der Waals surface area contributed by atoms with Crippen molar-refractivity contribution in [1.82, 2.24) is 0 Å². The van der Waals surface area contributed by atoms with Crippen molar-refractivity contribution < 1.29 is 9.13 Å². The predicted molar refractivity (Wildman–Crippen MR) is 52.3 cm³/mol. The molecule has 0 bridgehead atoms. The molecule has 13 heavy (non-hydrogen) atoms. The molecular weight excluding hydrogens is 235 g/mol. The topological polar surface area (TPSA) is 9.23 Å². The van der Waals surface area contributed by atoms with Gasteiger partial charge in [0.15, 0.2) is 0 Å². The van der Waals surface area contributed by atoms with Crippen LogP contribution in [-0.2, 0) is 4.74 Å². The summed E-state index contributed by atoms with van der Waals surface area (Å²) in [5.74, 6) is 0.109. The van der Waals surface area contributed by atoms with Gasteiger partial charge in [-0.05, 0) is 24.1 Å². The zero-order valence-corrected chi connectivity index (χ0v) is 8.68. The summed E-state index contributed by atoms with van der Waals surface area (Å²) in [7, 11) is 0. The van der Waals surface area contributed by atoms with Crippen LogP contribution in [-0.4, -0.2) is 13.2 Å². The first-order chi connectivity index (χ1) is 6.27. The molecule has 0 N–H and O–H groups in total. The monoisotopic (exact) mass is 244 g/mol. The summed E-state index contributed by atoms with van der Waals surface area (Å²) < 4.78 is 19.4. The van der Waals surface area contributed by atoms with Gasteiger partial charge in [0.25, 0.3) is 0 Å². The van der Waals surface area contributed by atoms with Crippen LogP contribution in [0.2, 0.25) is 0 Å². The van der Waals surface area contributed by atoms with Gasteiger partial charge in [0.2, 0.25) is 0 Å². The molecule has 1 unspecified atom stereocenters. The Morgan fingerprint density at radius 1 is 1.46 bits per heavy atom. The van der Waals surface area contributed by atoms with Crippen LogP contribution < -0.4 is 0 Å². The lowest BCUT2D eigenvalue weighted by Crippen LogP contribution is -2.00. The SMILES string of the molecule is Fc1cc(Br)ccc1C1CCOC1. The molecule has 0 amide bonds. The number of hydrogen-bond acceptors (Lipinski definition) is 1. The third-order valence-corrected chi connectivity index (χ3v) is 2.83. The van der Waals surface area contributed by atoms with Crippen molar-refractivity contribution >= 4 is 15.9 Å². The predicted octanol–water partition coefficient (Wildman–Crippen LogP) is 3.09. The Morgan fingerprint density at radius 2 is 2.31 bits per heavy atom. The molecule has 1 saturated heterocycles. The minimum absolute atomic E-state index is 0.134. The smallest absolute Gasteiger partial charge is 0.127 e. The second kappa shape index (κ2) is 3.76. The van der Waals surface area contributed by atoms with Crippen LogP contribution in [0.5, 0.6) is 0 Å². The highest BCUT2D eigenvalue weighted by atomic mass is 79.9. The van der Waals surface area contributed by atoms with Crippen molar-refractivity contribution in [1.29, 1.82) is 0 Å². The van der Waals surface area contributed by atoms with Gasteiger partial charge in [0.05, 0.1) is 6.61 Å². The maximum absolute atomic E-state index is 13.4. The molecular formula is C10H10BrFO. The Balaban J connectivity index is 2.29. The van der Waals surface area contributed by atoms with E-state index in [4.69, 9.17) is 4.74 Å². The quantitative estimate of drug-likeness (QED) is 0.738. The minimum atomic E-state index is -0.134. The number of rotatable bonds is 1. The summed E-state index contributed by atoms with van der Waals surface area (Å²) in [6.07, 6.45) is 0.929. The van der Waals surface area contributed by atoms with Gasteiger partial charge in [-0.3, -0.25) is 0 Å². The molecule has 0 saturated carbocycles. The summed E-state index contributed by atoms with van der Waals surface area (Å²) in [5, 5.41) is 0. The van der Waals surface area contributed by atoms with Crippen molar-refractivity contribution in [2.45, 2.75) is 12.3 Å². The fraction of sp³-hybridized carbons (Fsp3) is 0.400. The molecule has 1 heterocycles. The Labute approximate surface area is 85.0 Å². The fourth-order valence-electron chi connectivity index (χ4n) is 1.61. The number of halogens is 2. The van der Waals surface area contributed by atoms with Crippen LogP contribution in [0, 0.1) is 5.82 Å². The van der Waals surface area contributed by atoms with Gasteiger partial charge in [0.1, 0.15) is 5.82 Å². The lowest BCUT2D eigenvalue weighted by molar-refractivity contribution is 0.193. The van der Waals surface area contributed by atoms with Gasteiger partial charge in [-0.1, -0.05) is 22.0 Å². The zero-order chi connectivity index (χ0) is 9.26. The van der Waals surface area contributed by atoms with Gasteiger partial charge < -0.3 is 4.74 Å². The molecule has 1 fully saturated rings. The molecule has 1 aliphatic rings. The van der Waals surface area contributed by atoms with E-state index in [1.165, 1.54) is 6.07 Å². The summed E-state index contributed by atoms with van der Waals surface area (Å²) in [4.78, 5) is 0. The van der Waals surface area contributed by atoms with Gasteiger partial charge in [0, 0.05) is 17.0 Å². The van der Waals surface area contributed by atoms with Crippen molar-refractivity contribution in [2.75, 3.05) is 13.2 Å². The standard InChI is InChI=1S/C10H10BrFO/c11-8-1-2-9(10(12)5-8)7-3-4-13-6-7/h1-2,5,7H,3-4,6H2. The highest BCUT2D eigenvalue weighted by Gasteiger charge is 2.20. The van der Waals surface area contributed by atoms with Crippen molar-refractivity contribution in [2.24, 2.45) is 0 Å². The van der Waals surface area contributed by atoms with Gasteiger partial charge in [-0.2, -0.15) is 0 Å². The number of benzene rings is 1. The third-order valence-electron chi connectivity index (χ3n) is 2.33. The molecule has 0 aromatic heterocycles. The Hall–Kier alpha value is -0.410. The lowest BCUT2D eigenvalue weighted by atomic mass is 9.98. The Bertz CT molecular complexity index is 308. The molecule has 3 heteroatoms. The molecule has 0 spiro atoms. The van der Waals surface area contributed by atoms with E-state index in [-0.39, 0.29) is 11.7 Å². The van der Waals surface area contributed by atoms with Crippen LogP contribution in [0.25, 0.3) is 0 Å². The first kappa shape index (κ1) is 9.16. The lowest BCUT2D eigenvalue weighted by Gasteiger charge is -2.08. The normalized spacial score (nSPS) is 22.2.